The van der Waals surface area contributed by atoms with Gasteiger partial charge >= 0.3 is 0 Å². The Kier molecular flexibility index (Phi) is 3.99. The third-order valence-corrected chi connectivity index (χ3v) is 4.28. The largest absolute Gasteiger partial charge is 0.245 e. The monoisotopic (exact) mass is 239 g/mol. The Morgan fingerprint density at radius 2 is 2.06 bits per heavy atom. The van der Waals surface area contributed by atoms with Gasteiger partial charge in [-0.1, -0.05) is 13.8 Å². The van der Waals surface area contributed by atoms with Gasteiger partial charge in [0.1, 0.15) is 11.0 Å². The van der Waals surface area contributed by atoms with Gasteiger partial charge < -0.3 is 0 Å². The Hall–Kier alpha value is -1.45. The molecule has 6 heteroatoms. The van der Waals surface area contributed by atoms with E-state index < -0.39 is 10.0 Å². The first kappa shape index (κ1) is 12.6. The van der Waals surface area contributed by atoms with Crippen LogP contribution in [0.5, 0.6) is 0 Å². The highest BCUT2D eigenvalue weighted by atomic mass is 32.2. The van der Waals surface area contributed by atoms with Gasteiger partial charge in [0, 0.05) is 19.3 Å². The molecule has 1 aromatic rings. The van der Waals surface area contributed by atoms with E-state index in [2.05, 4.69) is 4.98 Å². The lowest BCUT2D eigenvalue weighted by molar-refractivity contribution is 0.445. The summed E-state index contributed by atoms with van der Waals surface area (Å²) in [4.78, 5) is 3.72. The summed E-state index contributed by atoms with van der Waals surface area (Å²) in [6.45, 7) is 4.25. The van der Waals surface area contributed by atoms with Crippen LogP contribution in [0.15, 0.2) is 23.2 Å². The third kappa shape index (κ3) is 2.21. The van der Waals surface area contributed by atoms with Gasteiger partial charge in [-0.25, -0.2) is 13.4 Å². The Labute approximate surface area is 95.4 Å². The fraction of sp³-hybridized carbons (Fsp3) is 0.400. The molecular weight excluding hydrogens is 226 g/mol. The van der Waals surface area contributed by atoms with Crippen LogP contribution in [0.4, 0.5) is 0 Å². The van der Waals surface area contributed by atoms with Gasteiger partial charge in [-0.15, -0.1) is 0 Å². The number of aromatic nitrogens is 1. The molecule has 1 aromatic heterocycles. The van der Waals surface area contributed by atoms with E-state index in [0.717, 1.165) is 0 Å². The van der Waals surface area contributed by atoms with Gasteiger partial charge in [-0.2, -0.15) is 9.57 Å². The third-order valence-electron chi connectivity index (χ3n) is 2.20. The Balaban J connectivity index is 3.33. The predicted molar refractivity (Wildman–Crippen MR) is 59.1 cm³/mol. The van der Waals surface area contributed by atoms with E-state index in [1.807, 2.05) is 0 Å². The lowest BCUT2D eigenvalue weighted by atomic mass is 10.4. The lowest BCUT2D eigenvalue weighted by Gasteiger charge is -2.18. The summed E-state index contributed by atoms with van der Waals surface area (Å²) in [5.41, 5.74) is -0.0607. The average molecular weight is 239 g/mol. The summed E-state index contributed by atoms with van der Waals surface area (Å²) in [5.74, 6) is 0. The van der Waals surface area contributed by atoms with Crippen LogP contribution in [0, 0.1) is 11.3 Å². The molecule has 1 rings (SSSR count). The van der Waals surface area contributed by atoms with E-state index in [1.54, 1.807) is 19.9 Å². The fourth-order valence-electron chi connectivity index (χ4n) is 1.39. The minimum atomic E-state index is -3.60. The smallest absolute Gasteiger partial charge is 0.244 e. The van der Waals surface area contributed by atoms with E-state index in [-0.39, 0.29) is 10.6 Å². The van der Waals surface area contributed by atoms with Crippen molar-refractivity contribution in [1.29, 1.82) is 5.26 Å². The summed E-state index contributed by atoms with van der Waals surface area (Å²) in [6, 6.07) is 4.70. The van der Waals surface area contributed by atoms with Gasteiger partial charge in [-0.05, 0) is 12.1 Å². The molecule has 86 valence electrons. The van der Waals surface area contributed by atoms with Crippen molar-refractivity contribution in [2.24, 2.45) is 0 Å². The minimum Gasteiger partial charge on any atom is -0.244 e. The SMILES string of the molecule is CCN(CC)S(=O)(=O)c1cccnc1C#N. The average Bonchev–Trinajstić information content (AvgIpc) is 2.30. The molecule has 0 aliphatic carbocycles. The van der Waals surface area contributed by atoms with Gasteiger partial charge in [-0.3, -0.25) is 0 Å². The molecule has 0 radical (unpaired) electrons. The quantitative estimate of drug-likeness (QED) is 0.785. The van der Waals surface area contributed by atoms with E-state index >= 15 is 0 Å². The van der Waals surface area contributed by atoms with Gasteiger partial charge in [0.2, 0.25) is 10.0 Å². The molecule has 0 aromatic carbocycles. The summed E-state index contributed by atoms with van der Waals surface area (Å²) >= 11 is 0. The van der Waals surface area contributed by atoms with Crippen LogP contribution >= 0.6 is 0 Å². The standard InChI is InChI=1S/C10H13N3O2S/c1-3-13(4-2)16(14,15)10-6-5-7-12-9(10)8-11/h5-7H,3-4H2,1-2H3. The first-order chi connectivity index (χ1) is 7.57. The van der Waals surface area contributed by atoms with Crippen LogP contribution in [0.1, 0.15) is 19.5 Å². The van der Waals surface area contributed by atoms with Crippen LogP contribution in [0.25, 0.3) is 0 Å². The van der Waals surface area contributed by atoms with Crippen molar-refractivity contribution < 1.29 is 8.42 Å². The van der Waals surface area contributed by atoms with Crippen molar-refractivity contribution in [3.63, 3.8) is 0 Å². The van der Waals surface area contributed by atoms with Gasteiger partial charge in [0.05, 0.1) is 0 Å². The van der Waals surface area contributed by atoms with E-state index in [9.17, 15) is 8.42 Å². The molecule has 0 amide bonds. The zero-order valence-electron chi connectivity index (χ0n) is 9.21. The molecule has 1 heterocycles. The molecule has 0 saturated heterocycles. The zero-order valence-corrected chi connectivity index (χ0v) is 10.0. The molecular formula is C10H13N3O2S. The molecule has 0 atom stereocenters. The van der Waals surface area contributed by atoms with Crippen molar-refractivity contribution in [1.82, 2.24) is 9.29 Å². The molecule has 0 bridgehead atoms. The first-order valence-electron chi connectivity index (χ1n) is 4.93. The predicted octanol–water partition coefficient (Wildman–Crippen LogP) is 0.984. The van der Waals surface area contributed by atoms with Gasteiger partial charge in [0.25, 0.3) is 0 Å². The fourth-order valence-corrected chi connectivity index (χ4v) is 2.94. The van der Waals surface area contributed by atoms with Crippen molar-refractivity contribution in [3.8, 4) is 6.07 Å². The van der Waals surface area contributed by atoms with Gasteiger partial charge in [0.15, 0.2) is 5.69 Å². The molecule has 0 aliphatic rings. The zero-order chi connectivity index (χ0) is 12.2. The summed E-state index contributed by atoms with van der Waals surface area (Å²) in [6.07, 6.45) is 1.40. The highest BCUT2D eigenvalue weighted by Gasteiger charge is 2.24. The number of nitrogens with zero attached hydrogens (tertiary/aromatic N) is 3. The van der Waals surface area contributed by atoms with Crippen LogP contribution in [0.3, 0.4) is 0 Å². The molecule has 0 aliphatic heterocycles. The normalized spacial score (nSPS) is 11.4. The molecule has 0 N–H and O–H groups in total. The maximum absolute atomic E-state index is 12.1. The maximum atomic E-state index is 12.1. The van der Waals surface area contributed by atoms with Crippen molar-refractivity contribution in [2.75, 3.05) is 13.1 Å². The Bertz CT molecular complexity index is 501. The number of nitriles is 1. The first-order valence-corrected chi connectivity index (χ1v) is 6.37. The van der Waals surface area contributed by atoms with Crippen LogP contribution in [-0.4, -0.2) is 30.8 Å². The molecule has 5 nitrogen and oxygen atoms in total. The highest BCUT2D eigenvalue weighted by molar-refractivity contribution is 7.89. The van der Waals surface area contributed by atoms with Crippen molar-refractivity contribution >= 4 is 10.0 Å². The molecule has 0 unspecified atom stereocenters. The molecule has 0 saturated carbocycles. The van der Waals surface area contributed by atoms with E-state index in [4.69, 9.17) is 5.26 Å². The van der Waals surface area contributed by atoms with E-state index in [1.165, 1.54) is 22.6 Å². The summed E-state index contributed by atoms with van der Waals surface area (Å²) in [5, 5.41) is 8.81. The summed E-state index contributed by atoms with van der Waals surface area (Å²) < 4.78 is 25.5. The second-order valence-electron chi connectivity index (χ2n) is 3.05. The van der Waals surface area contributed by atoms with Crippen LogP contribution in [-0.2, 0) is 10.0 Å². The highest BCUT2D eigenvalue weighted by Crippen LogP contribution is 2.17. The Morgan fingerprint density at radius 1 is 1.44 bits per heavy atom. The second-order valence-corrected chi connectivity index (χ2v) is 4.96. The maximum Gasteiger partial charge on any atom is 0.245 e. The summed E-state index contributed by atoms with van der Waals surface area (Å²) in [7, 11) is -3.60. The number of rotatable bonds is 4. The van der Waals surface area contributed by atoms with Crippen molar-refractivity contribution in [2.45, 2.75) is 18.7 Å². The number of hydrogen-bond acceptors (Lipinski definition) is 4. The lowest BCUT2D eigenvalue weighted by Crippen LogP contribution is -2.31. The van der Waals surface area contributed by atoms with E-state index in [0.29, 0.717) is 13.1 Å². The molecule has 16 heavy (non-hydrogen) atoms. The number of sulfonamides is 1. The Morgan fingerprint density at radius 3 is 2.56 bits per heavy atom. The second kappa shape index (κ2) is 5.05. The molecule has 0 fully saturated rings. The van der Waals surface area contributed by atoms with Crippen LogP contribution in [0.2, 0.25) is 0 Å². The molecule has 0 spiro atoms. The van der Waals surface area contributed by atoms with Crippen molar-refractivity contribution in [3.05, 3.63) is 24.0 Å². The minimum absolute atomic E-state index is 0.0267. The topological polar surface area (TPSA) is 74.1 Å². The van der Waals surface area contributed by atoms with Crippen LogP contribution < -0.4 is 0 Å². The number of hydrogen-bond donors (Lipinski definition) is 0. The number of pyridine rings is 1.